The Morgan fingerprint density at radius 1 is 1.50 bits per heavy atom. The highest BCUT2D eigenvalue weighted by atomic mass is 32.2. The Hall–Kier alpha value is -0.590. The normalized spacial score (nSPS) is 10.9. The lowest BCUT2D eigenvalue weighted by Gasteiger charge is -2.00. The highest BCUT2D eigenvalue weighted by molar-refractivity contribution is 7.98. The summed E-state index contributed by atoms with van der Waals surface area (Å²) in [6, 6.07) is 0. The molecule has 0 fully saturated rings. The second-order valence-corrected chi connectivity index (χ2v) is 4.56. The lowest BCUT2D eigenvalue weighted by molar-refractivity contribution is 0.276. The predicted octanol–water partition coefficient (Wildman–Crippen LogP) is 0.503. The molecule has 0 bridgehead atoms. The molecule has 0 atom stereocenters. The van der Waals surface area contributed by atoms with Gasteiger partial charge in [-0.1, -0.05) is 5.21 Å². The smallest absolute Gasteiger partial charge is 0.0964 e. The molecule has 1 rings (SSSR count). The van der Waals surface area contributed by atoms with Crippen LogP contribution in [0.3, 0.4) is 0 Å². The summed E-state index contributed by atoms with van der Waals surface area (Å²) >= 11 is 1.87. The maximum absolute atomic E-state index is 8.68. The number of rotatable bonds is 9. The number of aryl methyl sites for hydroxylation is 1. The van der Waals surface area contributed by atoms with E-state index in [1.807, 2.05) is 18.0 Å². The van der Waals surface area contributed by atoms with Crippen LogP contribution in [-0.2, 0) is 13.1 Å². The molecular weight excluding hydrogens is 224 g/mol. The molecule has 0 amide bonds. The minimum atomic E-state index is 0.197. The van der Waals surface area contributed by atoms with Crippen molar-refractivity contribution in [3.05, 3.63) is 11.9 Å². The Labute approximate surface area is 101 Å². The molecule has 0 aliphatic heterocycles. The molecule has 0 saturated carbocycles. The van der Waals surface area contributed by atoms with E-state index in [9.17, 15) is 0 Å². The van der Waals surface area contributed by atoms with Crippen molar-refractivity contribution in [2.45, 2.75) is 25.9 Å². The van der Waals surface area contributed by atoms with E-state index < -0.39 is 0 Å². The van der Waals surface area contributed by atoms with E-state index in [-0.39, 0.29) is 6.61 Å². The van der Waals surface area contributed by atoms with Crippen LogP contribution in [0.4, 0.5) is 0 Å². The number of aliphatic hydroxyl groups excluding tert-OH is 1. The van der Waals surface area contributed by atoms with Gasteiger partial charge in [0.2, 0.25) is 0 Å². The summed E-state index contributed by atoms with van der Waals surface area (Å²) < 4.78 is 1.77. The van der Waals surface area contributed by atoms with Gasteiger partial charge in [0.25, 0.3) is 0 Å². The van der Waals surface area contributed by atoms with Gasteiger partial charge in [0.1, 0.15) is 0 Å². The van der Waals surface area contributed by atoms with Gasteiger partial charge in [0.15, 0.2) is 0 Å². The molecule has 0 saturated heterocycles. The van der Waals surface area contributed by atoms with Crippen LogP contribution >= 0.6 is 11.8 Å². The van der Waals surface area contributed by atoms with Crippen molar-refractivity contribution in [1.82, 2.24) is 20.3 Å². The summed E-state index contributed by atoms with van der Waals surface area (Å²) in [6.45, 7) is 2.72. The first-order chi connectivity index (χ1) is 7.86. The first-order valence-electron chi connectivity index (χ1n) is 5.56. The molecule has 0 spiro atoms. The number of hydrogen-bond acceptors (Lipinski definition) is 5. The van der Waals surface area contributed by atoms with Gasteiger partial charge in [-0.05, 0) is 31.4 Å². The zero-order chi connectivity index (χ0) is 11.6. The highest BCUT2D eigenvalue weighted by Crippen LogP contribution is 1.96. The van der Waals surface area contributed by atoms with Gasteiger partial charge >= 0.3 is 0 Å². The number of hydrogen-bond donors (Lipinski definition) is 2. The molecule has 16 heavy (non-hydrogen) atoms. The summed E-state index contributed by atoms with van der Waals surface area (Å²) in [5.74, 6) is 1.19. The SMILES string of the molecule is CSCCCNCc1cn(CCCO)nn1. The van der Waals surface area contributed by atoms with Crippen molar-refractivity contribution in [1.29, 1.82) is 0 Å². The molecule has 0 aliphatic rings. The van der Waals surface area contributed by atoms with Crippen LogP contribution in [0.2, 0.25) is 0 Å². The van der Waals surface area contributed by atoms with Crippen LogP contribution in [0.25, 0.3) is 0 Å². The van der Waals surface area contributed by atoms with Crippen LogP contribution in [0.5, 0.6) is 0 Å². The molecular formula is C10H20N4OS. The van der Waals surface area contributed by atoms with Crippen molar-refractivity contribution in [2.24, 2.45) is 0 Å². The van der Waals surface area contributed by atoms with Gasteiger partial charge in [-0.2, -0.15) is 11.8 Å². The Kier molecular flexibility index (Phi) is 7.20. The van der Waals surface area contributed by atoms with Crippen LogP contribution < -0.4 is 5.32 Å². The van der Waals surface area contributed by atoms with Crippen molar-refractivity contribution >= 4 is 11.8 Å². The third-order valence-electron chi connectivity index (χ3n) is 2.14. The fourth-order valence-corrected chi connectivity index (χ4v) is 1.75. The number of thioether (sulfide) groups is 1. The lowest BCUT2D eigenvalue weighted by atomic mass is 10.4. The molecule has 2 N–H and O–H groups in total. The Morgan fingerprint density at radius 3 is 3.12 bits per heavy atom. The number of aromatic nitrogens is 3. The molecule has 1 heterocycles. The number of nitrogens with zero attached hydrogens (tertiary/aromatic N) is 3. The van der Waals surface area contributed by atoms with Crippen molar-refractivity contribution < 1.29 is 5.11 Å². The Balaban J connectivity index is 2.14. The van der Waals surface area contributed by atoms with E-state index in [2.05, 4.69) is 21.9 Å². The number of aliphatic hydroxyl groups is 1. The van der Waals surface area contributed by atoms with Crippen LogP contribution in [0, 0.1) is 0 Å². The molecule has 0 unspecified atom stereocenters. The molecule has 0 aromatic carbocycles. The fraction of sp³-hybridized carbons (Fsp3) is 0.800. The standard InChI is InChI=1S/C10H20N4OS/c1-16-7-2-4-11-8-10-9-14(13-12-10)5-3-6-15/h9,11,15H,2-8H2,1H3. The Bertz CT molecular complexity index is 280. The monoisotopic (exact) mass is 244 g/mol. The van der Waals surface area contributed by atoms with E-state index in [4.69, 9.17) is 5.11 Å². The van der Waals surface area contributed by atoms with Crippen LogP contribution in [0.1, 0.15) is 18.5 Å². The summed E-state index contributed by atoms with van der Waals surface area (Å²) in [4.78, 5) is 0. The average molecular weight is 244 g/mol. The van der Waals surface area contributed by atoms with E-state index in [1.165, 1.54) is 12.2 Å². The number of nitrogens with one attached hydrogen (secondary N) is 1. The van der Waals surface area contributed by atoms with Gasteiger partial charge in [-0.25, -0.2) is 0 Å². The zero-order valence-electron chi connectivity index (χ0n) is 9.72. The summed E-state index contributed by atoms with van der Waals surface area (Å²) in [6.07, 6.45) is 5.95. The lowest BCUT2D eigenvalue weighted by Crippen LogP contribution is -2.15. The highest BCUT2D eigenvalue weighted by Gasteiger charge is 1.99. The van der Waals surface area contributed by atoms with Crippen molar-refractivity contribution in [2.75, 3.05) is 25.2 Å². The molecule has 5 nitrogen and oxygen atoms in total. The van der Waals surface area contributed by atoms with E-state index in [0.717, 1.165) is 31.7 Å². The first kappa shape index (κ1) is 13.5. The van der Waals surface area contributed by atoms with Crippen molar-refractivity contribution in [3.63, 3.8) is 0 Å². The first-order valence-corrected chi connectivity index (χ1v) is 6.95. The minimum Gasteiger partial charge on any atom is -0.396 e. The third-order valence-corrected chi connectivity index (χ3v) is 2.84. The summed E-state index contributed by atoms with van der Waals surface area (Å²) in [7, 11) is 0. The van der Waals surface area contributed by atoms with E-state index in [0.29, 0.717) is 0 Å². The van der Waals surface area contributed by atoms with E-state index >= 15 is 0 Å². The molecule has 6 heteroatoms. The van der Waals surface area contributed by atoms with Crippen molar-refractivity contribution in [3.8, 4) is 0 Å². The maximum Gasteiger partial charge on any atom is 0.0964 e. The fourth-order valence-electron chi connectivity index (χ4n) is 1.32. The Morgan fingerprint density at radius 2 is 2.38 bits per heavy atom. The van der Waals surface area contributed by atoms with Crippen LogP contribution in [0.15, 0.2) is 6.20 Å². The van der Waals surface area contributed by atoms with Gasteiger partial charge in [0.05, 0.1) is 5.69 Å². The third kappa shape index (κ3) is 5.48. The summed E-state index contributed by atoms with van der Waals surface area (Å²) in [5.41, 5.74) is 0.960. The minimum absolute atomic E-state index is 0.197. The van der Waals surface area contributed by atoms with Gasteiger partial charge in [0, 0.05) is 25.9 Å². The van der Waals surface area contributed by atoms with Gasteiger partial charge in [-0.15, -0.1) is 5.10 Å². The molecule has 1 aromatic rings. The second kappa shape index (κ2) is 8.55. The zero-order valence-corrected chi connectivity index (χ0v) is 10.5. The summed E-state index contributed by atoms with van der Waals surface area (Å²) in [5, 5.41) is 20.0. The quantitative estimate of drug-likeness (QED) is 0.620. The predicted molar refractivity (Wildman–Crippen MR) is 66.4 cm³/mol. The molecule has 0 radical (unpaired) electrons. The maximum atomic E-state index is 8.68. The molecule has 0 aliphatic carbocycles. The largest absolute Gasteiger partial charge is 0.396 e. The topological polar surface area (TPSA) is 63.0 Å². The molecule has 1 aromatic heterocycles. The molecule has 92 valence electrons. The van der Waals surface area contributed by atoms with Crippen LogP contribution in [-0.4, -0.2) is 45.3 Å². The second-order valence-electron chi connectivity index (χ2n) is 3.57. The average Bonchev–Trinajstić information content (AvgIpc) is 2.74. The van der Waals surface area contributed by atoms with Gasteiger partial charge in [-0.3, -0.25) is 4.68 Å². The van der Waals surface area contributed by atoms with Gasteiger partial charge < -0.3 is 10.4 Å². The van der Waals surface area contributed by atoms with E-state index in [1.54, 1.807) is 4.68 Å².